The lowest BCUT2D eigenvalue weighted by Gasteiger charge is -2.33. The van der Waals surface area contributed by atoms with E-state index in [0.29, 0.717) is 5.92 Å². The highest BCUT2D eigenvalue weighted by atomic mass is 16.3. The lowest BCUT2D eigenvalue weighted by atomic mass is 9.83. The number of aliphatic hydroxyl groups excluding tert-OH is 1. The molecule has 0 aromatic heterocycles. The van der Waals surface area contributed by atoms with Crippen LogP contribution in [0.15, 0.2) is 18.2 Å². The van der Waals surface area contributed by atoms with Crippen molar-refractivity contribution in [1.82, 2.24) is 0 Å². The quantitative estimate of drug-likeness (QED) is 0.797. The average molecular weight is 245 g/mol. The Balaban J connectivity index is 1.90. The van der Waals surface area contributed by atoms with Gasteiger partial charge in [-0.2, -0.15) is 0 Å². The van der Waals surface area contributed by atoms with Gasteiger partial charge in [-0.1, -0.05) is 32.9 Å². The van der Waals surface area contributed by atoms with Crippen molar-refractivity contribution >= 4 is 5.69 Å². The van der Waals surface area contributed by atoms with E-state index < -0.39 is 0 Å². The van der Waals surface area contributed by atoms with Crippen LogP contribution in [0.4, 0.5) is 5.69 Å². The van der Waals surface area contributed by atoms with Crippen LogP contribution in [-0.2, 0) is 11.8 Å². The molecule has 0 radical (unpaired) electrons. The zero-order valence-corrected chi connectivity index (χ0v) is 11.5. The Morgan fingerprint density at radius 1 is 1.22 bits per heavy atom. The molecule has 1 aliphatic carbocycles. The third kappa shape index (κ3) is 2.14. The molecule has 0 saturated heterocycles. The molecule has 3 rings (SSSR count). The molecule has 0 amide bonds. The van der Waals surface area contributed by atoms with Crippen molar-refractivity contribution in [2.75, 3.05) is 5.32 Å². The Morgan fingerprint density at radius 2 is 1.94 bits per heavy atom. The van der Waals surface area contributed by atoms with Crippen LogP contribution >= 0.6 is 0 Å². The molecule has 1 aliphatic heterocycles. The van der Waals surface area contributed by atoms with Gasteiger partial charge in [-0.3, -0.25) is 0 Å². The molecule has 2 heteroatoms. The number of benzene rings is 1. The van der Waals surface area contributed by atoms with E-state index in [0.717, 1.165) is 6.42 Å². The van der Waals surface area contributed by atoms with Crippen LogP contribution in [0, 0.1) is 5.92 Å². The van der Waals surface area contributed by atoms with Gasteiger partial charge in [0.25, 0.3) is 0 Å². The first kappa shape index (κ1) is 12.0. The Labute approximate surface area is 109 Å². The van der Waals surface area contributed by atoms with Gasteiger partial charge in [0.1, 0.15) is 0 Å². The molecule has 1 aromatic rings. The second kappa shape index (κ2) is 3.99. The monoisotopic (exact) mass is 245 g/mol. The summed E-state index contributed by atoms with van der Waals surface area (Å²) in [5.41, 5.74) is 4.02. The average Bonchev–Trinajstić information content (AvgIpc) is 3.10. The van der Waals surface area contributed by atoms with E-state index in [2.05, 4.69) is 44.3 Å². The molecule has 0 spiro atoms. The Kier molecular flexibility index (Phi) is 2.67. The Morgan fingerprint density at radius 3 is 2.56 bits per heavy atom. The molecule has 2 aliphatic rings. The van der Waals surface area contributed by atoms with E-state index >= 15 is 0 Å². The van der Waals surface area contributed by atoms with Gasteiger partial charge in [0, 0.05) is 12.1 Å². The fourth-order valence-electron chi connectivity index (χ4n) is 2.89. The van der Waals surface area contributed by atoms with Crippen molar-refractivity contribution < 1.29 is 5.11 Å². The highest BCUT2D eigenvalue weighted by molar-refractivity contribution is 5.57. The van der Waals surface area contributed by atoms with Crippen molar-refractivity contribution in [3.8, 4) is 0 Å². The van der Waals surface area contributed by atoms with E-state index in [1.54, 1.807) is 0 Å². The molecule has 18 heavy (non-hydrogen) atoms. The summed E-state index contributed by atoms with van der Waals surface area (Å²) >= 11 is 0. The predicted octanol–water partition coefficient (Wildman–Crippen LogP) is 3.09. The minimum atomic E-state index is -0.222. The van der Waals surface area contributed by atoms with Crippen LogP contribution in [0.2, 0.25) is 0 Å². The van der Waals surface area contributed by atoms with Crippen LogP contribution < -0.4 is 5.32 Å². The van der Waals surface area contributed by atoms with Crippen LogP contribution in [0.5, 0.6) is 0 Å². The SMILES string of the molecule is CC(C)(C)c1ccc2c(c1)CC(O)C(C1CC1)N2. The van der Waals surface area contributed by atoms with Crippen LogP contribution in [0.3, 0.4) is 0 Å². The van der Waals surface area contributed by atoms with Gasteiger partial charge in [0.2, 0.25) is 0 Å². The molecule has 2 unspecified atom stereocenters. The van der Waals surface area contributed by atoms with Crippen molar-refractivity contribution in [3.63, 3.8) is 0 Å². The van der Waals surface area contributed by atoms with E-state index in [1.165, 1.54) is 29.7 Å². The van der Waals surface area contributed by atoms with Crippen molar-refractivity contribution in [3.05, 3.63) is 29.3 Å². The first-order valence-electron chi connectivity index (χ1n) is 7.03. The molecule has 1 saturated carbocycles. The van der Waals surface area contributed by atoms with Gasteiger partial charge in [-0.25, -0.2) is 0 Å². The molecule has 98 valence electrons. The third-order valence-electron chi connectivity index (χ3n) is 4.27. The topological polar surface area (TPSA) is 32.3 Å². The first-order valence-corrected chi connectivity index (χ1v) is 7.03. The standard InChI is InChI=1S/C16H23NO/c1-16(2,3)12-6-7-13-11(8-12)9-14(18)15(17-13)10-4-5-10/h6-8,10,14-15,17-18H,4-5,9H2,1-3H3. The smallest absolute Gasteiger partial charge is 0.0784 e. The Hall–Kier alpha value is -1.02. The van der Waals surface area contributed by atoms with E-state index in [-0.39, 0.29) is 17.6 Å². The lowest BCUT2D eigenvalue weighted by Crippen LogP contribution is -2.40. The second-order valence-corrected chi connectivity index (χ2v) is 6.90. The molecule has 0 bridgehead atoms. The number of anilines is 1. The summed E-state index contributed by atoms with van der Waals surface area (Å²) in [6.45, 7) is 6.69. The number of fused-ring (bicyclic) bond motifs is 1. The molecule has 1 fully saturated rings. The molecule has 1 heterocycles. The van der Waals surface area contributed by atoms with Gasteiger partial charge in [0.15, 0.2) is 0 Å². The number of rotatable bonds is 1. The van der Waals surface area contributed by atoms with E-state index in [4.69, 9.17) is 0 Å². The highest BCUT2D eigenvalue weighted by Crippen LogP contribution is 2.40. The third-order valence-corrected chi connectivity index (χ3v) is 4.27. The molecular formula is C16H23NO. The summed E-state index contributed by atoms with van der Waals surface area (Å²) in [5, 5.41) is 13.8. The van der Waals surface area contributed by atoms with Crippen LogP contribution in [0.1, 0.15) is 44.7 Å². The molecular weight excluding hydrogens is 222 g/mol. The minimum Gasteiger partial charge on any atom is -0.391 e. The maximum atomic E-state index is 10.3. The fourth-order valence-corrected chi connectivity index (χ4v) is 2.89. The highest BCUT2D eigenvalue weighted by Gasteiger charge is 2.38. The van der Waals surface area contributed by atoms with Gasteiger partial charge in [-0.05, 0) is 41.4 Å². The molecule has 2 atom stereocenters. The summed E-state index contributed by atoms with van der Waals surface area (Å²) in [6.07, 6.45) is 3.11. The predicted molar refractivity (Wildman–Crippen MR) is 75.0 cm³/mol. The zero-order chi connectivity index (χ0) is 12.9. The van der Waals surface area contributed by atoms with Crippen molar-refractivity contribution in [2.24, 2.45) is 5.92 Å². The maximum absolute atomic E-state index is 10.3. The number of nitrogens with one attached hydrogen (secondary N) is 1. The molecule has 2 N–H and O–H groups in total. The fraction of sp³-hybridized carbons (Fsp3) is 0.625. The summed E-state index contributed by atoms with van der Waals surface area (Å²) in [7, 11) is 0. The van der Waals surface area contributed by atoms with Gasteiger partial charge in [-0.15, -0.1) is 0 Å². The van der Waals surface area contributed by atoms with Crippen LogP contribution in [-0.4, -0.2) is 17.3 Å². The minimum absolute atomic E-state index is 0.174. The maximum Gasteiger partial charge on any atom is 0.0784 e. The van der Waals surface area contributed by atoms with Gasteiger partial charge < -0.3 is 10.4 Å². The van der Waals surface area contributed by atoms with E-state index in [1.807, 2.05) is 0 Å². The van der Waals surface area contributed by atoms with Gasteiger partial charge in [0.05, 0.1) is 12.1 Å². The van der Waals surface area contributed by atoms with Crippen LogP contribution in [0.25, 0.3) is 0 Å². The number of aliphatic hydroxyl groups is 1. The summed E-state index contributed by atoms with van der Waals surface area (Å²) in [5.74, 6) is 0.690. The lowest BCUT2D eigenvalue weighted by molar-refractivity contribution is 0.139. The number of hydrogen-bond acceptors (Lipinski definition) is 2. The first-order chi connectivity index (χ1) is 8.45. The normalized spacial score (nSPS) is 27.6. The Bertz CT molecular complexity index is 457. The summed E-state index contributed by atoms with van der Waals surface area (Å²) in [6, 6.07) is 6.94. The number of hydrogen-bond donors (Lipinski definition) is 2. The van der Waals surface area contributed by atoms with Gasteiger partial charge >= 0.3 is 0 Å². The zero-order valence-electron chi connectivity index (χ0n) is 11.5. The largest absolute Gasteiger partial charge is 0.391 e. The summed E-state index contributed by atoms with van der Waals surface area (Å²) < 4.78 is 0. The second-order valence-electron chi connectivity index (χ2n) is 6.90. The molecule has 1 aromatic carbocycles. The van der Waals surface area contributed by atoms with E-state index in [9.17, 15) is 5.11 Å². The van der Waals surface area contributed by atoms with Crippen molar-refractivity contribution in [1.29, 1.82) is 0 Å². The summed E-state index contributed by atoms with van der Waals surface area (Å²) in [4.78, 5) is 0. The van der Waals surface area contributed by atoms with Crippen molar-refractivity contribution in [2.45, 2.75) is 57.6 Å². The molecule has 2 nitrogen and oxygen atoms in total.